The van der Waals surface area contributed by atoms with Gasteiger partial charge in [-0.3, -0.25) is 5.10 Å². The number of aromatic carboxylic acids is 1. The summed E-state index contributed by atoms with van der Waals surface area (Å²) in [6.07, 6.45) is -1.05. The number of nitrogens with zero attached hydrogens (tertiary/aromatic N) is 1. The Balaban J connectivity index is 2.85. The van der Waals surface area contributed by atoms with Gasteiger partial charge in [0.2, 0.25) is 0 Å². The Morgan fingerprint density at radius 3 is 2.80 bits per heavy atom. The molecule has 0 bridgehead atoms. The van der Waals surface area contributed by atoms with Gasteiger partial charge in [0.05, 0.1) is 12.3 Å². The third-order valence-corrected chi connectivity index (χ3v) is 2.19. The lowest BCUT2D eigenvalue weighted by molar-refractivity contribution is 0.0160. The Kier molecular flexibility index (Phi) is 4.07. The minimum Gasteiger partial charge on any atom is -0.477 e. The lowest BCUT2D eigenvalue weighted by atomic mass is 10.0. The number of nitrogens with one attached hydrogen (secondary N) is 1. The van der Waals surface area contributed by atoms with Crippen LogP contribution in [0, 0.1) is 0 Å². The van der Waals surface area contributed by atoms with E-state index >= 15 is 0 Å². The molecule has 0 fully saturated rings. The van der Waals surface area contributed by atoms with Crippen molar-refractivity contribution in [3.63, 3.8) is 0 Å². The van der Waals surface area contributed by atoms with Crippen molar-refractivity contribution in [3.05, 3.63) is 17.5 Å². The molecule has 1 rings (SSSR count). The highest BCUT2D eigenvalue weighted by Crippen LogP contribution is 2.21. The summed E-state index contributed by atoms with van der Waals surface area (Å²) in [7, 11) is 0. The molecule has 1 aromatic rings. The van der Waals surface area contributed by atoms with Crippen LogP contribution in [0.5, 0.6) is 0 Å². The fourth-order valence-electron chi connectivity index (χ4n) is 1.17. The maximum absolute atomic E-state index is 10.7. The highest BCUT2D eigenvalue weighted by atomic mass is 35.5. The Morgan fingerprint density at radius 2 is 2.27 bits per heavy atom. The average molecular weight is 235 g/mol. The van der Waals surface area contributed by atoms with E-state index in [0.29, 0.717) is 0 Å². The summed E-state index contributed by atoms with van der Waals surface area (Å²) in [4.78, 5) is 10.7. The molecule has 0 aliphatic heterocycles. The van der Waals surface area contributed by atoms with E-state index in [1.807, 2.05) is 0 Å². The minimum absolute atomic E-state index is 0.0557. The molecule has 0 saturated carbocycles. The normalized spacial score (nSPS) is 14.9. The molecule has 4 N–H and O–H groups in total. The molecule has 0 aliphatic carbocycles. The molecule has 7 heteroatoms. The van der Waals surface area contributed by atoms with Crippen molar-refractivity contribution in [2.45, 2.75) is 18.6 Å². The zero-order valence-corrected chi connectivity index (χ0v) is 8.48. The van der Waals surface area contributed by atoms with Crippen LogP contribution in [0.25, 0.3) is 0 Å². The van der Waals surface area contributed by atoms with Crippen molar-refractivity contribution in [2.24, 2.45) is 0 Å². The fraction of sp³-hybridized carbons (Fsp3) is 0.500. The quantitative estimate of drug-likeness (QED) is 0.542. The molecule has 0 aliphatic rings. The topological polar surface area (TPSA) is 106 Å². The lowest BCUT2D eigenvalue weighted by Gasteiger charge is -2.15. The van der Waals surface area contributed by atoms with Gasteiger partial charge in [0, 0.05) is 11.4 Å². The van der Waals surface area contributed by atoms with Crippen molar-refractivity contribution in [2.75, 3.05) is 5.88 Å². The maximum Gasteiger partial charge on any atom is 0.354 e. The molecule has 2 unspecified atom stereocenters. The molecular formula is C8H11ClN2O4. The van der Waals surface area contributed by atoms with Crippen LogP contribution in [0.4, 0.5) is 0 Å². The molecule has 6 nitrogen and oxygen atoms in total. The standard InChI is InChI=1S/C8H11ClN2O4/c9-2-1-5(12)7(13)4-3-10-11-6(4)8(14)15/h3,5,7,12-13H,1-2H2,(H,10,11)(H,14,15). The predicted octanol–water partition coefficient (Wildman–Crippen LogP) is 0.131. The van der Waals surface area contributed by atoms with E-state index in [-0.39, 0.29) is 23.6 Å². The lowest BCUT2D eigenvalue weighted by Crippen LogP contribution is -2.20. The number of aromatic nitrogens is 2. The van der Waals surface area contributed by atoms with Crippen LogP contribution in [-0.2, 0) is 0 Å². The van der Waals surface area contributed by atoms with Crippen molar-refractivity contribution in [3.8, 4) is 0 Å². The number of H-pyrrole nitrogens is 1. The number of carbonyl (C=O) groups is 1. The summed E-state index contributed by atoms with van der Waals surface area (Å²) in [5, 5.41) is 33.5. The van der Waals surface area contributed by atoms with Gasteiger partial charge in [0.15, 0.2) is 0 Å². The van der Waals surface area contributed by atoms with Crippen LogP contribution in [0.2, 0.25) is 0 Å². The molecule has 0 amide bonds. The first kappa shape index (κ1) is 12.0. The van der Waals surface area contributed by atoms with Gasteiger partial charge in [-0.25, -0.2) is 4.79 Å². The fourth-order valence-corrected chi connectivity index (χ4v) is 1.39. The summed E-state index contributed by atoms with van der Waals surface area (Å²) in [5.41, 5.74) is -0.170. The molecule has 0 aromatic carbocycles. The van der Waals surface area contributed by atoms with Crippen molar-refractivity contribution >= 4 is 17.6 Å². The van der Waals surface area contributed by atoms with E-state index in [1.54, 1.807) is 0 Å². The van der Waals surface area contributed by atoms with Crippen LogP contribution in [0.1, 0.15) is 28.6 Å². The number of carboxylic acids is 1. The van der Waals surface area contributed by atoms with Gasteiger partial charge < -0.3 is 15.3 Å². The largest absolute Gasteiger partial charge is 0.477 e. The Bertz CT molecular complexity index is 341. The van der Waals surface area contributed by atoms with Crippen LogP contribution in [-0.4, -0.2) is 43.5 Å². The number of rotatable bonds is 5. The predicted molar refractivity (Wildman–Crippen MR) is 51.9 cm³/mol. The molecule has 2 atom stereocenters. The van der Waals surface area contributed by atoms with Gasteiger partial charge in [0.25, 0.3) is 0 Å². The summed E-state index contributed by atoms with van der Waals surface area (Å²) in [5.74, 6) is -1.06. The van der Waals surface area contributed by atoms with Gasteiger partial charge in [-0.05, 0) is 6.42 Å². The van der Waals surface area contributed by atoms with Crippen molar-refractivity contribution in [1.82, 2.24) is 10.2 Å². The Morgan fingerprint density at radius 1 is 1.60 bits per heavy atom. The third-order valence-electron chi connectivity index (χ3n) is 1.97. The SMILES string of the molecule is O=C(O)c1[nH]ncc1C(O)C(O)CCCl. The summed E-state index contributed by atoms with van der Waals surface area (Å²) < 4.78 is 0. The maximum atomic E-state index is 10.7. The van der Waals surface area contributed by atoms with Crippen LogP contribution >= 0.6 is 11.6 Å². The summed E-state index contributed by atoms with van der Waals surface area (Å²) in [6, 6.07) is 0. The Hall–Kier alpha value is -1.11. The number of hydrogen-bond acceptors (Lipinski definition) is 4. The van der Waals surface area contributed by atoms with Gasteiger partial charge in [0.1, 0.15) is 11.8 Å². The van der Waals surface area contributed by atoms with E-state index < -0.39 is 18.2 Å². The van der Waals surface area contributed by atoms with Crippen LogP contribution in [0.3, 0.4) is 0 Å². The molecular weight excluding hydrogens is 224 g/mol. The second-order valence-electron chi connectivity index (χ2n) is 3.00. The molecule has 0 saturated heterocycles. The first-order chi connectivity index (χ1) is 7.07. The zero-order chi connectivity index (χ0) is 11.4. The first-order valence-electron chi connectivity index (χ1n) is 4.26. The number of aromatic amines is 1. The first-order valence-corrected chi connectivity index (χ1v) is 4.80. The molecule has 0 radical (unpaired) electrons. The van der Waals surface area contributed by atoms with Crippen LogP contribution in [0.15, 0.2) is 6.20 Å². The number of aliphatic hydroxyl groups excluding tert-OH is 2. The van der Waals surface area contributed by atoms with E-state index in [1.165, 1.54) is 6.20 Å². The molecule has 84 valence electrons. The van der Waals surface area contributed by atoms with E-state index in [2.05, 4.69) is 10.2 Å². The molecule has 1 aromatic heterocycles. The number of alkyl halides is 1. The van der Waals surface area contributed by atoms with Crippen molar-refractivity contribution < 1.29 is 20.1 Å². The Labute approximate surface area is 90.5 Å². The molecule has 1 heterocycles. The van der Waals surface area contributed by atoms with Crippen molar-refractivity contribution in [1.29, 1.82) is 0 Å². The molecule has 0 spiro atoms. The second-order valence-corrected chi connectivity index (χ2v) is 3.37. The third kappa shape index (κ3) is 2.68. The highest BCUT2D eigenvalue weighted by molar-refractivity contribution is 6.17. The average Bonchev–Trinajstić information content (AvgIpc) is 2.65. The van der Waals surface area contributed by atoms with Gasteiger partial charge in [-0.2, -0.15) is 5.10 Å². The smallest absolute Gasteiger partial charge is 0.354 e. The number of carboxylic acid groups (broad SMARTS) is 1. The van der Waals surface area contributed by atoms with Gasteiger partial charge >= 0.3 is 5.97 Å². The number of hydrogen-bond donors (Lipinski definition) is 4. The van der Waals surface area contributed by atoms with E-state index in [0.717, 1.165) is 0 Å². The van der Waals surface area contributed by atoms with Gasteiger partial charge in [-0.15, -0.1) is 11.6 Å². The van der Waals surface area contributed by atoms with Crippen LogP contribution < -0.4 is 0 Å². The number of halogens is 1. The monoisotopic (exact) mass is 234 g/mol. The van der Waals surface area contributed by atoms with E-state index in [9.17, 15) is 15.0 Å². The summed E-state index contributed by atoms with van der Waals surface area (Å²) in [6.45, 7) is 0. The second kappa shape index (κ2) is 5.11. The zero-order valence-electron chi connectivity index (χ0n) is 7.72. The highest BCUT2D eigenvalue weighted by Gasteiger charge is 2.24. The summed E-state index contributed by atoms with van der Waals surface area (Å²) >= 11 is 5.39. The minimum atomic E-state index is -1.30. The van der Waals surface area contributed by atoms with Gasteiger partial charge in [-0.1, -0.05) is 0 Å². The number of aliphatic hydroxyl groups is 2. The molecule has 15 heavy (non-hydrogen) atoms. The van der Waals surface area contributed by atoms with E-state index in [4.69, 9.17) is 16.7 Å².